The van der Waals surface area contributed by atoms with E-state index < -0.39 is 32.7 Å². The Hall–Kier alpha value is -1.57. The SMILES string of the molecule is CC(NS(=O)(=O)c1ccccc1C(F)(F)F)c1cccc(Cl)c1. The minimum Gasteiger partial charge on any atom is -0.207 e. The minimum atomic E-state index is -4.76. The van der Waals surface area contributed by atoms with Gasteiger partial charge in [0.15, 0.2) is 0 Å². The fourth-order valence-electron chi connectivity index (χ4n) is 2.08. The largest absolute Gasteiger partial charge is 0.417 e. The summed E-state index contributed by atoms with van der Waals surface area (Å²) in [6.45, 7) is 1.53. The molecule has 0 heterocycles. The van der Waals surface area contributed by atoms with Gasteiger partial charge in [0.1, 0.15) is 0 Å². The first-order chi connectivity index (χ1) is 10.6. The van der Waals surface area contributed by atoms with Gasteiger partial charge in [0.25, 0.3) is 0 Å². The smallest absolute Gasteiger partial charge is 0.207 e. The number of hydrogen-bond donors (Lipinski definition) is 1. The Morgan fingerprint density at radius 3 is 2.35 bits per heavy atom. The van der Waals surface area contributed by atoms with Crippen molar-refractivity contribution in [2.45, 2.75) is 24.0 Å². The molecule has 3 nitrogen and oxygen atoms in total. The van der Waals surface area contributed by atoms with Crippen molar-refractivity contribution in [3.05, 3.63) is 64.7 Å². The van der Waals surface area contributed by atoms with Crippen molar-refractivity contribution in [2.24, 2.45) is 0 Å². The van der Waals surface area contributed by atoms with Gasteiger partial charge in [-0.25, -0.2) is 13.1 Å². The van der Waals surface area contributed by atoms with Crippen molar-refractivity contribution >= 4 is 21.6 Å². The molecular weight excluding hydrogens is 351 g/mol. The van der Waals surface area contributed by atoms with E-state index in [1.165, 1.54) is 13.0 Å². The average Bonchev–Trinajstić information content (AvgIpc) is 2.46. The molecule has 0 aromatic heterocycles. The van der Waals surface area contributed by atoms with Crippen LogP contribution < -0.4 is 4.72 Å². The molecule has 23 heavy (non-hydrogen) atoms. The number of alkyl halides is 3. The lowest BCUT2D eigenvalue weighted by atomic mass is 10.1. The van der Waals surface area contributed by atoms with Crippen molar-refractivity contribution in [3.8, 4) is 0 Å². The van der Waals surface area contributed by atoms with Crippen LogP contribution in [0.5, 0.6) is 0 Å². The topological polar surface area (TPSA) is 46.2 Å². The molecule has 0 aliphatic carbocycles. The molecule has 2 aromatic carbocycles. The van der Waals surface area contributed by atoms with Crippen LogP contribution in [0.2, 0.25) is 5.02 Å². The molecule has 0 spiro atoms. The zero-order chi connectivity index (χ0) is 17.3. The minimum absolute atomic E-state index is 0.407. The highest BCUT2D eigenvalue weighted by Crippen LogP contribution is 2.34. The van der Waals surface area contributed by atoms with Crippen LogP contribution in [0.15, 0.2) is 53.4 Å². The fraction of sp³-hybridized carbons (Fsp3) is 0.200. The number of benzene rings is 2. The van der Waals surface area contributed by atoms with Crippen LogP contribution in [-0.4, -0.2) is 8.42 Å². The summed E-state index contributed by atoms with van der Waals surface area (Å²) in [5.41, 5.74) is -0.656. The predicted octanol–water partition coefficient (Wildman–Crippen LogP) is 4.40. The van der Waals surface area contributed by atoms with Crippen LogP contribution in [0.25, 0.3) is 0 Å². The summed E-state index contributed by atoms with van der Waals surface area (Å²) in [5.74, 6) is 0. The molecule has 0 saturated heterocycles. The van der Waals surface area contributed by atoms with E-state index in [1.54, 1.807) is 24.3 Å². The van der Waals surface area contributed by atoms with Crippen molar-refractivity contribution in [1.29, 1.82) is 0 Å². The Morgan fingerprint density at radius 2 is 1.74 bits per heavy atom. The molecular formula is C15H13ClF3NO2S. The average molecular weight is 364 g/mol. The van der Waals surface area contributed by atoms with E-state index in [9.17, 15) is 21.6 Å². The summed E-state index contributed by atoms with van der Waals surface area (Å²) in [4.78, 5) is -0.804. The van der Waals surface area contributed by atoms with Gasteiger partial charge in [-0.15, -0.1) is 0 Å². The third-order valence-corrected chi connectivity index (χ3v) is 5.00. The van der Waals surface area contributed by atoms with Gasteiger partial charge >= 0.3 is 6.18 Å². The van der Waals surface area contributed by atoms with E-state index in [0.29, 0.717) is 10.6 Å². The number of rotatable bonds is 4. The molecule has 0 amide bonds. The Balaban J connectivity index is 2.37. The first kappa shape index (κ1) is 17.8. The molecule has 0 fully saturated rings. The Morgan fingerprint density at radius 1 is 1.09 bits per heavy atom. The van der Waals surface area contributed by atoms with Crippen LogP contribution in [0.3, 0.4) is 0 Å². The van der Waals surface area contributed by atoms with Gasteiger partial charge in [0, 0.05) is 11.1 Å². The molecule has 1 atom stereocenters. The molecule has 0 radical (unpaired) electrons. The van der Waals surface area contributed by atoms with Crippen LogP contribution in [0.1, 0.15) is 24.1 Å². The first-order valence-corrected chi connectivity index (χ1v) is 8.41. The summed E-state index contributed by atoms with van der Waals surface area (Å²) in [6.07, 6.45) is -4.76. The summed E-state index contributed by atoms with van der Waals surface area (Å²) in [5, 5.41) is 0.407. The molecule has 0 aliphatic heterocycles. The van der Waals surface area contributed by atoms with Crippen molar-refractivity contribution < 1.29 is 21.6 Å². The van der Waals surface area contributed by atoms with Crippen molar-refractivity contribution in [1.82, 2.24) is 4.72 Å². The van der Waals surface area contributed by atoms with E-state index in [-0.39, 0.29) is 0 Å². The third-order valence-electron chi connectivity index (χ3n) is 3.16. The van der Waals surface area contributed by atoms with Gasteiger partial charge in [-0.05, 0) is 36.8 Å². The van der Waals surface area contributed by atoms with Gasteiger partial charge in [0.2, 0.25) is 10.0 Å². The molecule has 2 aromatic rings. The van der Waals surface area contributed by atoms with Gasteiger partial charge < -0.3 is 0 Å². The summed E-state index contributed by atoms with van der Waals surface area (Å²) < 4.78 is 65.8. The highest BCUT2D eigenvalue weighted by Gasteiger charge is 2.37. The number of nitrogens with one attached hydrogen (secondary N) is 1. The maximum Gasteiger partial charge on any atom is 0.417 e. The van der Waals surface area contributed by atoms with Gasteiger partial charge in [-0.3, -0.25) is 0 Å². The first-order valence-electron chi connectivity index (χ1n) is 6.55. The van der Waals surface area contributed by atoms with Crippen LogP contribution in [-0.2, 0) is 16.2 Å². The van der Waals surface area contributed by atoms with Crippen molar-refractivity contribution in [3.63, 3.8) is 0 Å². The summed E-state index contributed by atoms with van der Waals surface area (Å²) in [6, 6.07) is 9.74. The quantitative estimate of drug-likeness (QED) is 0.875. The maximum atomic E-state index is 13.0. The Labute approximate surface area is 137 Å². The fourth-order valence-corrected chi connectivity index (χ4v) is 3.73. The zero-order valence-corrected chi connectivity index (χ0v) is 13.5. The van der Waals surface area contributed by atoms with Gasteiger partial charge in [0.05, 0.1) is 10.5 Å². The normalized spacial score (nSPS) is 13.8. The summed E-state index contributed by atoms with van der Waals surface area (Å²) >= 11 is 5.84. The number of hydrogen-bond acceptors (Lipinski definition) is 2. The monoisotopic (exact) mass is 363 g/mol. The molecule has 0 aliphatic rings. The lowest BCUT2D eigenvalue weighted by Gasteiger charge is -2.18. The second-order valence-electron chi connectivity index (χ2n) is 4.89. The second kappa shape index (κ2) is 6.51. The second-order valence-corrected chi connectivity index (χ2v) is 7.01. The van der Waals surface area contributed by atoms with E-state index in [1.807, 2.05) is 0 Å². The van der Waals surface area contributed by atoms with Gasteiger partial charge in [-0.1, -0.05) is 35.9 Å². The maximum absolute atomic E-state index is 13.0. The van der Waals surface area contributed by atoms with Gasteiger partial charge in [-0.2, -0.15) is 13.2 Å². The van der Waals surface area contributed by atoms with Crippen LogP contribution in [0.4, 0.5) is 13.2 Å². The van der Waals surface area contributed by atoms with Crippen LogP contribution in [0, 0.1) is 0 Å². The van der Waals surface area contributed by atoms with E-state index in [2.05, 4.69) is 4.72 Å². The van der Waals surface area contributed by atoms with E-state index in [4.69, 9.17) is 11.6 Å². The highest BCUT2D eigenvalue weighted by molar-refractivity contribution is 7.89. The lowest BCUT2D eigenvalue weighted by molar-refractivity contribution is -0.139. The Kier molecular flexibility index (Phi) is 5.03. The molecule has 8 heteroatoms. The predicted molar refractivity (Wildman–Crippen MR) is 81.6 cm³/mol. The van der Waals surface area contributed by atoms with E-state index in [0.717, 1.165) is 18.2 Å². The third kappa shape index (κ3) is 4.25. The highest BCUT2D eigenvalue weighted by atomic mass is 35.5. The standard InChI is InChI=1S/C15H13ClF3NO2S/c1-10(11-5-4-6-12(16)9-11)20-23(21,22)14-8-3-2-7-13(14)15(17,18)19/h2-10,20H,1H3. The molecule has 2 rings (SSSR count). The lowest BCUT2D eigenvalue weighted by Crippen LogP contribution is -2.28. The molecule has 1 N–H and O–H groups in total. The molecule has 1 unspecified atom stereocenters. The van der Waals surface area contributed by atoms with Crippen LogP contribution >= 0.6 is 11.6 Å². The number of halogens is 4. The molecule has 124 valence electrons. The molecule has 0 bridgehead atoms. The molecule has 0 saturated carbocycles. The summed E-state index contributed by atoms with van der Waals surface area (Å²) in [7, 11) is -4.35. The van der Waals surface area contributed by atoms with E-state index >= 15 is 0 Å². The Bertz CT molecular complexity index is 806. The zero-order valence-electron chi connectivity index (χ0n) is 11.9. The number of sulfonamides is 1. The van der Waals surface area contributed by atoms with Crippen molar-refractivity contribution in [2.75, 3.05) is 0 Å².